The molecule has 0 aliphatic heterocycles. The van der Waals surface area contributed by atoms with E-state index in [1.54, 1.807) is 6.20 Å². The summed E-state index contributed by atoms with van der Waals surface area (Å²) in [6.45, 7) is 10.6. The Morgan fingerprint density at radius 3 is 2.63 bits per heavy atom. The molecule has 2 atom stereocenters. The lowest BCUT2D eigenvalue weighted by Gasteiger charge is -2.16. The smallest absolute Gasteiger partial charge is 0.138 e. The van der Waals surface area contributed by atoms with Gasteiger partial charge in [-0.05, 0) is 45.9 Å². The quantitative estimate of drug-likeness (QED) is 0.746. The molecule has 0 aliphatic carbocycles. The maximum atomic E-state index is 5.72. The molecule has 0 amide bonds. The molecular weight excluding hydrogens is 240 g/mol. The van der Waals surface area contributed by atoms with E-state index in [1.807, 2.05) is 26.0 Å². The fourth-order valence-corrected chi connectivity index (χ4v) is 1.73. The molecule has 4 nitrogen and oxygen atoms in total. The number of hydrogen-bond acceptors (Lipinski definition) is 4. The SMILES string of the molecule is CCCNC(C)c1ccc(OC(C)COCC)cn1. The van der Waals surface area contributed by atoms with Gasteiger partial charge in [0.05, 0.1) is 18.5 Å². The maximum absolute atomic E-state index is 5.72. The lowest BCUT2D eigenvalue weighted by Crippen LogP contribution is -2.21. The summed E-state index contributed by atoms with van der Waals surface area (Å²) in [6.07, 6.45) is 2.95. The van der Waals surface area contributed by atoms with E-state index in [-0.39, 0.29) is 12.1 Å². The van der Waals surface area contributed by atoms with Crippen LogP contribution in [0, 0.1) is 0 Å². The molecule has 0 bridgehead atoms. The van der Waals surface area contributed by atoms with Gasteiger partial charge in [0.25, 0.3) is 0 Å². The fourth-order valence-electron chi connectivity index (χ4n) is 1.73. The Labute approximate surface area is 116 Å². The largest absolute Gasteiger partial charge is 0.487 e. The first-order valence-corrected chi connectivity index (χ1v) is 7.11. The molecule has 1 aromatic rings. The molecular formula is C15H26N2O2. The monoisotopic (exact) mass is 266 g/mol. The topological polar surface area (TPSA) is 43.4 Å². The third-order valence-corrected chi connectivity index (χ3v) is 2.80. The first-order valence-electron chi connectivity index (χ1n) is 7.11. The van der Waals surface area contributed by atoms with Crippen LogP contribution in [-0.2, 0) is 4.74 Å². The highest BCUT2D eigenvalue weighted by molar-refractivity contribution is 5.21. The van der Waals surface area contributed by atoms with E-state index in [9.17, 15) is 0 Å². The van der Waals surface area contributed by atoms with Crippen molar-refractivity contribution in [2.75, 3.05) is 19.8 Å². The van der Waals surface area contributed by atoms with E-state index >= 15 is 0 Å². The zero-order chi connectivity index (χ0) is 14.1. The van der Waals surface area contributed by atoms with E-state index in [4.69, 9.17) is 9.47 Å². The van der Waals surface area contributed by atoms with Crippen LogP contribution in [0.3, 0.4) is 0 Å². The number of pyridine rings is 1. The Morgan fingerprint density at radius 2 is 2.05 bits per heavy atom. The van der Waals surface area contributed by atoms with Gasteiger partial charge in [-0.2, -0.15) is 0 Å². The predicted molar refractivity (Wildman–Crippen MR) is 77.5 cm³/mol. The summed E-state index contributed by atoms with van der Waals surface area (Å²) in [4.78, 5) is 4.44. The molecule has 108 valence electrons. The van der Waals surface area contributed by atoms with Gasteiger partial charge < -0.3 is 14.8 Å². The van der Waals surface area contributed by atoms with Gasteiger partial charge in [0, 0.05) is 12.6 Å². The minimum absolute atomic E-state index is 0.0447. The summed E-state index contributed by atoms with van der Waals surface area (Å²) in [5, 5.41) is 3.41. The Kier molecular flexibility index (Phi) is 7.45. The maximum Gasteiger partial charge on any atom is 0.138 e. The van der Waals surface area contributed by atoms with Gasteiger partial charge in [0.2, 0.25) is 0 Å². The summed E-state index contributed by atoms with van der Waals surface area (Å²) in [5.41, 5.74) is 1.04. The van der Waals surface area contributed by atoms with E-state index in [1.165, 1.54) is 0 Å². The minimum Gasteiger partial charge on any atom is -0.487 e. The van der Waals surface area contributed by atoms with Crippen LogP contribution in [0.4, 0.5) is 0 Å². The van der Waals surface area contributed by atoms with Crippen LogP contribution in [0.2, 0.25) is 0 Å². The lowest BCUT2D eigenvalue weighted by atomic mass is 10.2. The number of rotatable bonds is 9. The second-order valence-electron chi connectivity index (χ2n) is 4.68. The molecule has 0 radical (unpaired) electrons. The summed E-state index contributed by atoms with van der Waals surface area (Å²) in [7, 11) is 0. The average Bonchev–Trinajstić information content (AvgIpc) is 2.43. The van der Waals surface area contributed by atoms with Crippen molar-refractivity contribution in [3.63, 3.8) is 0 Å². The van der Waals surface area contributed by atoms with Gasteiger partial charge in [0.1, 0.15) is 11.9 Å². The first-order chi connectivity index (χ1) is 9.17. The molecule has 0 saturated heterocycles. The molecule has 0 spiro atoms. The predicted octanol–water partition coefficient (Wildman–Crippen LogP) is 2.95. The molecule has 1 heterocycles. The van der Waals surface area contributed by atoms with Crippen molar-refractivity contribution in [3.05, 3.63) is 24.0 Å². The number of nitrogens with zero attached hydrogens (tertiary/aromatic N) is 1. The standard InChI is InChI=1S/C15H26N2O2/c1-5-9-16-13(4)15-8-7-14(10-17-15)19-12(3)11-18-6-2/h7-8,10,12-13,16H,5-6,9,11H2,1-4H3. The zero-order valence-electron chi connectivity index (χ0n) is 12.5. The normalized spacial score (nSPS) is 14.1. The molecule has 1 N–H and O–H groups in total. The fraction of sp³-hybridized carbons (Fsp3) is 0.667. The van der Waals surface area contributed by atoms with Gasteiger partial charge in [-0.3, -0.25) is 4.98 Å². The van der Waals surface area contributed by atoms with Crippen molar-refractivity contribution in [1.29, 1.82) is 0 Å². The molecule has 0 aliphatic rings. The van der Waals surface area contributed by atoms with Crippen LogP contribution in [0.15, 0.2) is 18.3 Å². The molecule has 1 rings (SSSR count). The second-order valence-corrected chi connectivity index (χ2v) is 4.68. The molecule has 2 unspecified atom stereocenters. The van der Waals surface area contributed by atoms with E-state index in [0.29, 0.717) is 13.2 Å². The van der Waals surface area contributed by atoms with Crippen LogP contribution < -0.4 is 10.1 Å². The summed E-state index contributed by atoms with van der Waals surface area (Å²) in [6, 6.07) is 4.25. The number of ether oxygens (including phenoxy) is 2. The van der Waals surface area contributed by atoms with Crippen molar-refractivity contribution in [2.24, 2.45) is 0 Å². The van der Waals surface area contributed by atoms with Crippen molar-refractivity contribution in [2.45, 2.75) is 46.3 Å². The summed E-state index contributed by atoms with van der Waals surface area (Å²) in [5.74, 6) is 0.790. The summed E-state index contributed by atoms with van der Waals surface area (Å²) >= 11 is 0. The van der Waals surface area contributed by atoms with Gasteiger partial charge >= 0.3 is 0 Å². The van der Waals surface area contributed by atoms with E-state index in [2.05, 4.69) is 24.1 Å². The molecule has 0 saturated carbocycles. The van der Waals surface area contributed by atoms with Crippen molar-refractivity contribution >= 4 is 0 Å². The van der Waals surface area contributed by atoms with Crippen molar-refractivity contribution < 1.29 is 9.47 Å². The Balaban J connectivity index is 2.46. The van der Waals surface area contributed by atoms with Gasteiger partial charge in [-0.25, -0.2) is 0 Å². The van der Waals surface area contributed by atoms with E-state index in [0.717, 1.165) is 24.4 Å². The molecule has 1 aromatic heterocycles. The highest BCUT2D eigenvalue weighted by atomic mass is 16.5. The third kappa shape index (κ3) is 6.03. The van der Waals surface area contributed by atoms with Crippen LogP contribution in [0.25, 0.3) is 0 Å². The molecule has 0 fully saturated rings. The Morgan fingerprint density at radius 1 is 1.26 bits per heavy atom. The van der Waals surface area contributed by atoms with Crippen molar-refractivity contribution in [1.82, 2.24) is 10.3 Å². The van der Waals surface area contributed by atoms with Gasteiger partial charge in [0.15, 0.2) is 0 Å². The van der Waals surface area contributed by atoms with Crippen LogP contribution in [0.5, 0.6) is 5.75 Å². The summed E-state index contributed by atoms with van der Waals surface area (Å²) < 4.78 is 11.0. The molecule has 19 heavy (non-hydrogen) atoms. The number of hydrogen-bond donors (Lipinski definition) is 1. The first kappa shape index (κ1) is 15.9. The zero-order valence-corrected chi connectivity index (χ0v) is 12.5. The minimum atomic E-state index is 0.0447. The van der Waals surface area contributed by atoms with Crippen LogP contribution in [0.1, 0.15) is 45.9 Å². The highest BCUT2D eigenvalue weighted by Crippen LogP contribution is 2.15. The second kappa shape index (κ2) is 8.88. The van der Waals surface area contributed by atoms with Crippen LogP contribution >= 0.6 is 0 Å². The lowest BCUT2D eigenvalue weighted by molar-refractivity contribution is 0.0655. The number of aromatic nitrogens is 1. The molecule has 0 aromatic carbocycles. The Hall–Kier alpha value is -1.13. The third-order valence-electron chi connectivity index (χ3n) is 2.80. The average molecular weight is 266 g/mol. The van der Waals surface area contributed by atoms with E-state index < -0.39 is 0 Å². The van der Waals surface area contributed by atoms with Gasteiger partial charge in [-0.1, -0.05) is 6.92 Å². The van der Waals surface area contributed by atoms with Crippen molar-refractivity contribution in [3.8, 4) is 5.75 Å². The molecule has 4 heteroatoms. The number of nitrogens with one attached hydrogen (secondary N) is 1. The highest BCUT2D eigenvalue weighted by Gasteiger charge is 2.07. The Bertz CT molecular complexity index is 341. The van der Waals surface area contributed by atoms with Gasteiger partial charge in [-0.15, -0.1) is 0 Å². The van der Waals surface area contributed by atoms with Crippen LogP contribution in [-0.4, -0.2) is 30.8 Å².